The summed E-state index contributed by atoms with van der Waals surface area (Å²) >= 11 is 0. The lowest BCUT2D eigenvalue weighted by Crippen LogP contribution is -2.47. The first kappa shape index (κ1) is 16.4. The molecule has 24 heavy (non-hydrogen) atoms. The molecule has 0 saturated carbocycles. The first-order valence-electron chi connectivity index (χ1n) is 7.86. The molecule has 128 valence electrons. The van der Waals surface area contributed by atoms with Gasteiger partial charge in [-0.3, -0.25) is 0 Å². The topological polar surface area (TPSA) is 72.3 Å². The number of morpholine rings is 1. The van der Waals surface area contributed by atoms with Gasteiger partial charge in [0.05, 0.1) is 13.2 Å². The monoisotopic (exact) mass is 333 g/mol. The number of hydrogen-bond donors (Lipinski definition) is 1. The first-order valence-corrected chi connectivity index (χ1v) is 7.86. The van der Waals surface area contributed by atoms with E-state index in [4.69, 9.17) is 4.74 Å². The largest absolute Gasteiger partial charge is 0.366 e. The lowest BCUT2D eigenvalue weighted by Gasteiger charge is -2.32. The molecule has 0 aliphatic carbocycles. The third-order valence-corrected chi connectivity index (χ3v) is 3.97. The number of urea groups is 1. The Hall–Kier alpha value is -2.48. The minimum Gasteiger partial charge on any atom is -0.366 e. The molecule has 2 amide bonds. The van der Waals surface area contributed by atoms with Crippen LogP contribution in [0.2, 0.25) is 0 Å². The van der Waals surface area contributed by atoms with Crippen LogP contribution in [0.25, 0.3) is 0 Å². The highest BCUT2D eigenvalue weighted by Gasteiger charge is 2.28. The number of halogens is 1. The molecular weight excluding hydrogens is 313 g/mol. The van der Waals surface area contributed by atoms with Crippen LogP contribution in [0, 0.1) is 5.82 Å². The molecule has 1 atom stereocenters. The fourth-order valence-corrected chi connectivity index (χ4v) is 2.69. The van der Waals surface area contributed by atoms with Crippen molar-refractivity contribution < 1.29 is 13.9 Å². The van der Waals surface area contributed by atoms with Crippen LogP contribution in [-0.4, -0.2) is 51.9 Å². The van der Waals surface area contributed by atoms with Crippen LogP contribution in [0.5, 0.6) is 0 Å². The maximum absolute atomic E-state index is 13.1. The number of aromatic nitrogens is 3. The van der Waals surface area contributed by atoms with Gasteiger partial charge in [-0.2, -0.15) is 0 Å². The Morgan fingerprint density at radius 1 is 1.50 bits per heavy atom. The average molecular weight is 333 g/mol. The van der Waals surface area contributed by atoms with E-state index >= 15 is 0 Å². The van der Waals surface area contributed by atoms with E-state index in [1.165, 1.54) is 12.1 Å². The number of benzene rings is 1. The minimum absolute atomic E-state index is 0.151. The fourth-order valence-electron chi connectivity index (χ4n) is 2.69. The highest BCUT2D eigenvalue weighted by molar-refractivity contribution is 5.74. The van der Waals surface area contributed by atoms with Crippen LogP contribution in [0.15, 0.2) is 30.6 Å². The first-order chi connectivity index (χ1) is 11.6. The van der Waals surface area contributed by atoms with Gasteiger partial charge >= 0.3 is 6.03 Å². The summed E-state index contributed by atoms with van der Waals surface area (Å²) in [5.41, 5.74) is 0.856. The predicted molar refractivity (Wildman–Crippen MR) is 84.8 cm³/mol. The van der Waals surface area contributed by atoms with Crippen molar-refractivity contribution in [1.82, 2.24) is 25.0 Å². The van der Waals surface area contributed by atoms with Gasteiger partial charge in [0.2, 0.25) is 0 Å². The minimum atomic E-state index is -0.278. The highest BCUT2D eigenvalue weighted by atomic mass is 19.1. The lowest BCUT2D eigenvalue weighted by molar-refractivity contribution is -0.0214. The normalized spacial score (nSPS) is 17.8. The van der Waals surface area contributed by atoms with Gasteiger partial charge in [-0.1, -0.05) is 12.1 Å². The van der Waals surface area contributed by atoms with Crippen LogP contribution in [-0.2, 0) is 18.2 Å². The van der Waals surface area contributed by atoms with Crippen LogP contribution < -0.4 is 5.32 Å². The molecule has 0 spiro atoms. The Labute approximate surface area is 139 Å². The van der Waals surface area contributed by atoms with E-state index in [2.05, 4.69) is 15.5 Å². The van der Waals surface area contributed by atoms with Crippen molar-refractivity contribution >= 4 is 6.03 Å². The zero-order valence-electron chi connectivity index (χ0n) is 13.5. The van der Waals surface area contributed by atoms with Crippen molar-refractivity contribution in [2.24, 2.45) is 7.05 Å². The summed E-state index contributed by atoms with van der Waals surface area (Å²) in [7, 11) is 1.84. The number of rotatable bonds is 4. The van der Waals surface area contributed by atoms with Crippen molar-refractivity contribution in [2.45, 2.75) is 12.5 Å². The Kier molecular flexibility index (Phi) is 5.05. The molecule has 0 bridgehead atoms. The summed E-state index contributed by atoms with van der Waals surface area (Å²) in [6.45, 7) is 1.86. The average Bonchev–Trinajstić information content (AvgIpc) is 3.01. The van der Waals surface area contributed by atoms with Crippen LogP contribution in [0.4, 0.5) is 9.18 Å². The second kappa shape index (κ2) is 7.39. The maximum atomic E-state index is 13.1. The van der Waals surface area contributed by atoms with Gasteiger partial charge < -0.3 is 19.5 Å². The van der Waals surface area contributed by atoms with Gasteiger partial charge in [-0.15, -0.1) is 10.2 Å². The van der Waals surface area contributed by atoms with Crippen molar-refractivity contribution in [3.05, 3.63) is 47.8 Å². The van der Waals surface area contributed by atoms with Crippen LogP contribution in [0.1, 0.15) is 17.5 Å². The van der Waals surface area contributed by atoms with Crippen LogP contribution in [0.3, 0.4) is 0 Å². The third-order valence-electron chi connectivity index (χ3n) is 3.97. The van der Waals surface area contributed by atoms with E-state index in [-0.39, 0.29) is 18.0 Å². The molecule has 1 aromatic heterocycles. The number of ether oxygens (including phenoxy) is 1. The fraction of sp³-hybridized carbons (Fsp3) is 0.438. The molecule has 2 heterocycles. The quantitative estimate of drug-likeness (QED) is 0.915. The number of aryl methyl sites for hydroxylation is 1. The summed E-state index contributed by atoms with van der Waals surface area (Å²) in [6, 6.07) is 6.24. The molecule has 0 unspecified atom stereocenters. The Morgan fingerprint density at radius 2 is 2.38 bits per heavy atom. The molecule has 1 aliphatic rings. The third kappa shape index (κ3) is 3.88. The van der Waals surface area contributed by atoms with Crippen molar-refractivity contribution in [2.75, 3.05) is 26.2 Å². The highest BCUT2D eigenvalue weighted by Crippen LogP contribution is 2.19. The predicted octanol–water partition coefficient (Wildman–Crippen LogP) is 1.28. The van der Waals surface area contributed by atoms with E-state index < -0.39 is 0 Å². The molecular formula is C16H20FN5O2. The number of nitrogens with one attached hydrogen (secondary N) is 1. The molecule has 1 saturated heterocycles. The number of carbonyl (C=O) groups excluding carboxylic acids is 1. The summed E-state index contributed by atoms with van der Waals surface area (Å²) in [6.07, 6.45) is 1.91. The zero-order valence-corrected chi connectivity index (χ0v) is 13.5. The summed E-state index contributed by atoms with van der Waals surface area (Å²) in [5, 5.41) is 10.7. The Bertz CT molecular complexity index is 705. The van der Waals surface area contributed by atoms with E-state index in [0.717, 1.165) is 5.56 Å². The van der Waals surface area contributed by atoms with Gasteiger partial charge in [0.25, 0.3) is 0 Å². The number of carbonyl (C=O) groups is 1. The van der Waals surface area contributed by atoms with Crippen molar-refractivity contribution in [3.8, 4) is 0 Å². The summed E-state index contributed by atoms with van der Waals surface area (Å²) in [5.74, 6) is 0.436. The van der Waals surface area contributed by atoms with Gasteiger partial charge in [0, 0.05) is 20.1 Å². The van der Waals surface area contributed by atoms with Gasteiger partial charge in [-0.25, -0.2) is 9.18 Å². The van der Waals surface area contributed by atoms with Crippen molar-refractivity contribution in [3.63, 3.8) is 0 Å². The lowest BCUT2D eigenvalue weighted by atomic mass is 10.1. The maximum Gasteiger partial charge on any atom is 0.317 e. The zero-order chi connectivity index (χ0) is 16.9. The standard InChI is InChI=1S/C16H20FN5O2/c1-21-11-19-20-15(21)14-10-22(7-8-24-14)16(23)18-6-5-12-3-2-4-13(17)9-12/h2-4,9,11,14H,5-8,10H2,1H3,(H,18,23)/t14-/m0/s1. The molecule has 1 aromatic carbocycles. The Balaban J connectivity index is 1.50. The van der Waals surface area contributed by atoms with E-state index in [1.54, 1.807) is 21.9 Å². The smallest absolute Gasteiger partial charge is 0.317 e. The number of amides is 2. The molecule has 2 aromatic rings. The van der Waals surface area contributed by atoms with Gasteiger partial charge in [0.1, 0.15) is 18.2 Å². The Morgan fingerprint density at radius 3 is 3.12 bits per heavy atom. The SMILES string of the molecule is Cn1cnnc1[C@@H]1CN(C(=O)NCCc2cccc(F)c2)CCO1. The molecule has 1 aliphatic heterocycles. The molecule has 8 heteroatoms. The summed E-state index contributed by atoms with van der Waals surface area (Å²) in [4.78, 5) is 14.0. The second-order valence-electron chi connectivity index (χ2n) is 5.72. The van der Waals surface area contributed by atoms with Gasteiger partial charge in [0.15, 0.2) is 5.82 Å². The number of hydrogen-bond acceptors (Lipinski definition) is 4. The van der Waals surface area contributed by atoms with Gasteiger partial charge in [-0.05, 0) is 24.1 Å². The molecule has 1 N–H and O–H groups in total. The number of nitrogens with zero attached hydrogens (tertiary/aromatic N) is 4. The molecule has 1 fully saturated rings. The molecule has 0 radical (unpaired) electrons. The second-order valence-corrected chi connectivity index (χ2v) is 5.72. The van der Waals surface area contributed by atoms with E-state index in [0.29, 0.717) is 38.5 Å². The van der Waals surface area contributed by atoms with E-state index in [9.17, 15) is 9.18 Å². The van der Waals surface area contributed by atoms with Crippen molar-refractivity contribution in [1.29, 1.82) is 0 Å². The molecule has 3 rings (SSSR count). The molecule has 7 nitrogen and oxygen atoms in total. The van der Waals surface area contributed by atoms with Crippen LogP contribution >= 0.6 is 0 Å². The van der Waals surface area contributed by atoms with E-state index in [1.807, 2.05) is 13.1 Å². The summed E-state index contributed by atoms with van der Waals surface area (Å²) < 4.78 is 20.6.